The molecule has 15 atom stereocenters. The molecule has 10 rings (SSSR count). The molecule has 7 aromatic rings. The Morgan fingerprint density at radius 1 is 0.347 bits per heavy atom. The Bertz CT molecular complexity index is 3720. The Labute approximate surface area is 593 Å². The van der Waals surface area contributed by atoms with E-state index in [0.717, 1.165) is 16.7 Å². The standard InChI is InChI=1S/C79H94O20Si2/c1-78(2,3)100(7,8)98-64-59(46-80)92-77(70(67(64)99-101(9,10)79(4,5)6)97-74(84)58-44-30-17-31-45-58)90-50-60-62(86-47-52-32-18-11-19-33-52)65(87-48-53-34-20-12-21-35-53)69(88-49-54-36-22-13-23-37-54)76(93-60)89-51-61-63(94-71(81)55-38-24-14-25-39-55)66(95-72(82)56-40-26-15-27-41-56)68(75(85)91-61)96-73(83)57-42-28-16-29-43-57/h11-45,59-70,75-77,80,85H,46-51H2,1-10H3/t59-,60-,61-,62-,63-,64-,65+,66+,67+,68-,69-,70-,75+,76?,77-/m1/s1. The molecule has 3 aliphatic rings. The van der Waals surface area contributed by atoms with Crippen LogP contribution in [0.15, 0.2) is 212 Å². The molecule has 3 saturated heterocycles. The molecule has 3 aliphatic heterocycles. The van der Waals surface area contributed by atoms with Gasteiger partial charge in [0, 0.05) is 0 Å². The average Bonchev–Trinajstić information content (AvgIpc) is 0.759. The van der Waals surface area contributed by atoms with Crippen molar-refractivity contribution in [1.82, 2.24) is 0 Å². The highest BCUT2D eigenvalue weighted by Crippen LogP contribution is 2.45. The maximum Gasteiger partial charge on any atom is 0.338 e. The van der Waals surface area contributed by atoms with Crippen molar-refractivity contribution in [2.45, 2.75) is 190 Å². The number of ether oxygens (including phenoxy) is 12. The number of hydrogen-bond acceptors (Lipinski definition) is 20. The number of aliphatic hydroxyl groups is 2. The minimum Gasteiger partial charge on any atom is -0.452 e. The molecule has 2 N–H and O–H groups in total. The van der Waals surface area contributed by atoms with E-state index < -0.39 is 152 Å². The van der Waals surface area contributed by atoms with Gasteiger partial charge in [-0.1, -0.05) is 205 Å². The zero-order valence-corrected chi connectivity index (χ0v) is 60.9. The van der Waals surface area contributed by atoms with Crippen LogP contribution in [0, 0.1) is 0 Å². The van der Waals surface area contributed by atoms with Crippen molar-refractivity contribution in [3.05, 3.63) is 251 Å². The maximum atomic E-state index is 14.7. The van der Waals surface area contributed by atoms with Crippen molar-refractivity contribution in [1.29, 1.82) is 0 Å². The van der Waals surface area contributed by atoms with E-state index in [9.17, 15) is 29.4 Å². The van der Waals surface area contributed by atoms with E-state index >= 15 is 0 Å². The Morgan fingerprint density at radius 3 is 1.04 bits per heavy atom. The summed E-state index contributed by atoms with van der Waals surface area (Å²) in [5.74, 6) is -3.38. The second-order valence-corrected chi connectivity index (χ2v) is 37.9. The normalized spacial score (nSPS) is 25.7. The van der Waals surface area contributed by atoms with Crippen molar-refractivity contribution in [2.24, 2.45) is 0 Å². The molecule has 538 valence electrons. The monoisotopic (exact) mass is 1420 g/mol. The average molecular weight is 1420 g/mol. The van der Waals surface area contributed by atoms with Crippen LogP contribution in [0.25, 0.3) is 0 Å². The van der Waals surface area contributed by atoms with E-state index in [1.807, 2.05) is 91.0 Å². The van der Waals surface area contributed by atoms with Crippen LogP contribution in [0.5, 0.6) is 0 Å². The van der Waals surface area contributed by atoms with Gasteiger partial charge in [0.05, 0.1) is 61.9 Å². The molecular formula is C79H94O20Si2. The molecule has 0 aliphatic carbocycles. The molecule has 7 aromatic carbocycles. The zero-order valence-electron chi connectivity index (χ0n) is 58.9. The summed E-state index contributed by atoms with van der Waals surface area (Å²) < 4.78 is 95.8. The predicted octanol–water partition coefficient (Wildman–Crippen LogP) is 12.6. The summed E-state index contributed by atoms with van der Waals surface area (Å²) in [5, 5.41) is 23.1. The third-order valence-corrected chi connectivity index (χ3v) is 28.1. The minimum absolute atomic E-state index is 0.00488. The fourth-order valence-corrected chi connectivity index (χ4v) is 14.1. The SMILES string of the molecule is CC(C)(C)[Si](C)(C)O[C@@H]1[C@@H](OC(=O)c2ccccc2)[C@H](OC[C@H]2OC(OC[C@H]3O[C@H](O)[C@H](OC(=O)c4ccccc4)[C@@H](OC(=O)c4ccccc4)[C@@H]3OC(=O)c3ccccc3)[C@H](OCc3ccccc3)[C@@H](OCc3ccccc3)[C@@H]2OCc2ccccc2)O[C@H](CO)[C@H]1O[Si](C)(C)C(C)(C)C. The van der Waals surface area contributed by atoms with Gasteiger partial charge in [-0.3, -0.25) is 0 Å². The van der Waals surface area contributed by atoms with Crippen molar-refractivity contribution in [3.63, 3.8) is 0 Å². The first-order valence-electron chi connectivity index (χ1n) is 34.2. The minimum atomic E-state index is -2.86. The molecule has 3 heterocycles. The van der Waals surface area contributed by atoms with Crippen molar-refractivity contribution in [3.8, 4) is 0 Å². The van der Waals surface area contributed by atoms with Crippen molar-refractivity contribution < 1.29 is 95.1 Å². The molecule has 20 nitrogen and oxygen atoms in total. The lowest BCUT2D eigenvalue weighted by Crippen LogP contribution is -2.67. The molecule has 1 unspecified atom stereocenters. The van der Waals surface area contributed by atoms with Crippen LogP contribution in [0.1, 0.15) is 99.7 Å². The van der Waals surface area contributed by atoms with E-state index in [0.29, 0.717) is 0 Å². The first kappa shape index (κ1) is 76.0. The summed E-state index contributed by atoms with van der Waals surface area (Å²) in [6, 6.07) is 61.1. The van der Waals surface area contributed by atoms with Crippen molar-refractivity contribution >= 4 is 40.5 Å². The van der Waals surface area contributed by atoms with Gasteiger partial charge in [0.2, 0.25) is 0 Å². The third kappa shape index (κ3) is 19.8. The fraction of sp³-hybridized carbons (Fsp3) is 0.418. The third-order valence-electron chi connectivity index (χ3n) is 19.2. The Morgan fingerprint density at radius 2 is 0.653 bits per heavy atom. The first-order valence-corrected chi connectivity index (χ1v) is 40.0. The zero-order chi connectivity index (χ0) is 71.9. The summed E-state index contributed by atoms with van der Waals surface area (Å²) in [6.45, 7) is 19.5. The summed E-state index contributed by atoms with van der Waals surface area (Å²) in [4.78, 5) is 57.6. The van der Waals surface area contributed by atoms with E-state index in [2.05, 4.69) is 67.7 Å². The van der Waals surface area contributed by atoms with Gasteiger partial charge in [0.15, 0.2) is 59.9 Å². The molecule has 0 bridgehead atoms. The second kappa shape index (κ2) is 34.6. The van der Waals surface area contributed by atoms with Gasteiger partial charge in [0.25, 0.3) is 0 Å². The molecule has 0 radical (unpaired) electrons. The lowest BCUT2D eigenvalue weighted by atomic mass is 9.96. The van der Waals surface area contributed by atoms with E-state index in [4.69, 9.17) is 65.7 Å². The highest BCUT2D eigenvalue weighted by molar-refractivity contribution is 6.74. The molecule has 0 saturated carbocycles. The lowest BCUT2D eigenvalue weighted by Gasteiger charge is -2.52. The number of esters is 4. The van der Waals surface area contributed by atoms with Crippen LogP contribution in [0.3, 0.4) is 0 Å². The number of benzene rings is 7. The Kier molecular flexibility index (Phi) is 26.0. The predicted molar refractivity (Wildman–Crippen MR) is 379 cm³/mol. The van der Waals surface area contributed by atoms with E-state index in [-0.39, 0.29) is 52.2 Å². The maximum absolute atomic E-state index is 14.7. The van der Waals surface area contributed by atoms with Crippen LogP contribution in [0.2, 0.25) is 36.3 Å². The Balaban J connectivity index is 1.07. The molecule has 3 fully saturated rings. The highest BCUT2D eigenvalue weighted by Gasteiger charge is 2.58. The first-order chi connectivity index (χ1) is 48.4. The van der Waals surface area contributed by atoms with E-state index in [1.54, 1.807) is 84.9 Å². The van der Waals surface area contributed by atoms with Gasteiger partial charge in [-0.2, -0.15) is 0 Å². The number of carbonyl (C=O) groups is 4. The Hall–Kier alpha value is -7.63. The molecule has 0 aromatic heterocycles. The molecule has 22 heteroatoms. The number of hydrogen-bond donors (Lipinski definition) is 2. The summed E-state index contributed by atoms with van der Waals surface area (Å²) in [7, 11) is -5.61. The van der Waals surface area contributed by atoms with Gasteiger partial charge in [-0.05, 0) is 101 Å². The summed E-state index contributed by atoms with van der Waals surface area (Å²) >= 11 is 0. The highest BCUT2D eigenvalue weighted by atomic mass is 28.4. The van der Waals surface area contributed by atoms with Gasteiger partial charge in [-0.15, -0.1) is 0 Å². The topological polar surface area (TPSA) is 238 Å². The van der Waals surface area contributed by atoms with Crippen LogP contribution in [-0.4, -0.2) is 163 Å². The number of carbonyl (C=O) groups excluding carboxylic acids is 4. The van der Waals surface area contributed by atoms with E-state index in [1.165, 1.54) is 36.4 Å². The lowest BCUT2D eigenvalue weighted by molar-refractivity contribution is -0.351. The van der Waals surface area contributed by atoms with Crippen LogP contribution < -0.4 is 0 Å². The van der Waals surface area contributed by atoms with Gasteiger partial charge in [0.1, 0.15) is 48.8 Å². The van der Waals surface area contributed by atoms with Gasteiger partial charge < -0.3 is 75.9 Å². The smallest absolute Gasteiger partial charge is 0.338 e. The second-order valence-electron chi connectivity index (χ2n) is 28.4. The fourth-order valence-electron chi connectivity index (χ4n) is 11.5. The molecule has 0 amide bonds. The van der Waals surface area contributed by atoms with Gasteiger partial charge in [-0.25, -0.2) is 19.2 Å². The molecule has 0 spiro atoms. The number of rotatable bonds is 28. The largest absolute Gasteiger partial charge is 0.452 e. The quantitative estimate of drug-likeness (QED) is 0.0263. The van der Waals surface area contributed by atoms with Gasteiger partial charge >= 0.3 is 23.9 Å². The summed E-state index contributed by atoms with van der Waals surface area (Å²) in [5.41, 5.74) is 2.95. The van der Waals surface area contributed by atoms with Crippen LogP contribution in [-0.2, 0) is 85.5 Å². The van der Waals surface area contributed by atoms with Crippen LogP contribution >= 0.6 is 0 Å². The summed E-state index contributed by atoms with van der Waals surface area (Å²) in [6.07, 6.45) is -20.8. The molecule has 101 heavy (non-hydrogen) atoms. The molecular weight excluding hydrogens is 1330 g/mol. The van der Waals surface area contributed by atoms with Crippen molar-refractivity contribution in [2.75, 3.05) is 19.8 Å². The number of aliphatic hydroxyl groups excluding tert-OH is 2. The van der Waals surface area contributed by atoms with Crippen LogP contribution in [0.4, 0.5) is 0 Å².